The molecule has 0 bridgehead atoms. The fourth-order valence-electron chi connectivity index (χ4n) is 2.54. The van der Waals surface area contributed by atoms with Crippen LogP contribution >= 0.6 is 0 Å². The van der Waals surface area contributed by atoms with E-state index in [0.29, 0.717) is 0 Å². The molecular weight excluding hydrogens is 278 g/mol. The van der Waals surface area contributed by atoms with Gasteiger partial charge in [0.05, 0.1) is 0 Å². The molecule has 0 spiro atoms. The van der Waals surface area contributed by atoms with Gasteiger partial charge in [0, 0.05) is 18.6 Å². The molecule has 1 heterocycles. The number of nitrogens with zero attached hydrogens (tertiary/aromatic N) is 1. The summed E-state index contributed by atoms with van der Waals surface area (Å²) in [5.74, 6) is 0. The second-order valence-electron chi connectivity index (χ2n) is 5.76. The maximum Gasteiger partial charge on any atom is 0.169 e. The average molecular weight is 310 g/mol. The third kappa shape index (κ3) is 10.5. The summed E-state index contributed by atoms with van der Waals surface area (Å²) in [5, 5.41) is 0. The van der Waals surface area contributed by atoms with E-state index in [0.717, 1.165) is 6.54 Å². The molecule has 0 N–H and O–H groups in total. The molecule has 0 saturated carbocycles. The molecule has 0 aliphatic carbocycles. The molecule has 0 amide bonds. The third-order valence-electron chi connectivity index (χ3n) is 3.92. The van der Waals surface area contributed by atoms with Gasteiger partial charge in [0.25, 0.3) is 0 Å². The van der Waals surface area contributed by atoms with Gasteiger partial charge in [0.2, 0.25) is 0 Å². The highest BCUT2D eigenvalue weighted by Crippen LogP contribution is 2.10. The van der Waals surface area contributed by atoms with Gasteiger partial charge >= 0.3 is 0 Å². The van der Waals surface area contributed by atoms with E-state index in [-0.39, 0.29) is 12.4 Å². The molecule has 2 heteroatoms. The topological polar surface area (TPSA) is 3.88 Å². The maximum absolute atomic E-state index is 3.78. The number of aryl methyl sites for hydroxylation is 1. The lowest BCUT2D eigenvalue weighted by Crippen LogP contribution is -3.00. The Labute approximate surface area is 137 Å². The van der Waals surface area contributed by atoms with Crippen molar-refractivity contribution < 1.29 is 17.0 Å². The van der Waals surface area contributed by atoms with Crippen LogP contribution in [0.5, 0.6) is 0 Å². The van der Waals surface area contributed by atoms with Crippen LogP contribution in [0.15, 0.2) is 31.1 Å². The number of rotatable bonds is 12. The van der Waals surface area contributed by atoms with Crippen molar-refractivity contribution in [2.75, 3.05) is 0 Å². The van der Waals surface area contributed by atoms with E-state index in [9.17, 15) is 0 Å². The Morgan fingerprint density at radius 3 is 1.81 bits per heavy atom. The molecule has 1 aromatic rings. The number of hydrogen-bond donors (Lipinski definition) is 0. The normalized spacial score (nSPS) is 10.1. The van der Waals surface area contributed by atoms with E-state index in [2.05, 4.69) is 42.6 Å². The lowest BCUT2D eigenvalue weighted by molar-refractivity contribution is -0.697. The zero-order chi connectivity index (χ0) is 14.5. The van der Waals surface area contributed by atoms with Crippen LogP contribution in [0, 0.1) is 0 Å². The van der Waals surface area contributed by atoms with Gasteiger partial charge in [-0.1, -0.05) is 70.9 Å². The smallest absolute Gasteiger partial charge is 0.169 e. The minimum absolute atomic E-state index is 0. The van der Waals surface area contributed by atoms with Crippen LogP contribution in [0.3, 0.4) is 0 Å². The van der Waals surface area contributed by atoms with Crippen molar-refractivity contribution in [2.24, 2.45) is 0 Å². The van der Waals surface area contributed by atoms with Gasteiger partial charge in [-0.3, -0.25) is 0 Å². The maximum atomic E-state index is 3.78. The predicted molar refractivity (Wildman–Crippen MR) is 88.6 cm³/mol. The van der Waals surface area contributed by atoms with E-state index in [4.69, 9.17) is 0 Å². The third-order valence-corrected chi connectivity index (χ3v) is 3.92. The van der Waals surface area contributed by atoms with Gasteiger partial charge in [0.1, 0.15) is 6.54 Å². The number of pyridine rings is 1. The molecule has 1 rings (SSSR count). The zero-order valence-corrected chi connectivity index (χ0v) is 14.5. The van der Waals surface area contributed by atoms with E-state index < -0.39 is 0 Å². The molecule has 120 valence electrons. The molecule has 1 aromatic heterocycles. The quantitative estimate of drug-likeness (QED) is 0.413. The van der Waals surface area contributed by atoms with Crippen LogP contribution in [0.1, 0.15) is 76.7 Å². The summed E-state index contributed by atoms with van der Waals surface area (Å²) in [7, 11) is 0. The summed E-state index contributed by atoms with van der Waals surface area (Å²) in [4.78, 5) is 0. The summed E-state index contributed by atoms with van der Waals surface area (Å²) in [6.45, 7) is 7.21. The largest absolute Gasteiger partial charge is 1.00 e. The summed E-state index contributed by atoms with van der Waals surface area (Å²) in [5.41, 5.74) is 1.20. The Morgan fingerprint density at radius 2 is 1.33 bits per heavy atom. The van der Waals surface area contributed by atoms with Crippen LogP contribution in [-0.2, 0) is 6.54 Å². The molecule has 0 fully saturated rings. The van der Waals surface area contributed by atoms with Crippen molar-refractivity contribution in [1.29, 1.82) is 0 Å². The lowest BCUT2D eigenvalue weighted by Gasteiger charge is -2.01. The molecule has 0 aliphatic heterocycles. The second-order valence-corrected chi connectivity index (χ2v) is 5.76. The first kappa shape index (κ1) is 20.2. The molecule has 21 heavy (non-hydrogen) atoms. The van der Waals surface area contributed by atoms with Gasteiger partial charge in [-0.25, -0.2) is 4.57 Å². The number of unbranched alkanes of at least 4 members (excludes halogenated alkanes) is 9. The Morgan fingerprint density at radius 1 is 0.857 bits per heavy atom. The Kier molecular flexibility index (Phi) is 13.6. The first-order chi connectivity index (χ1) is 9.86. The van der Waals surface area contributed by atoms with Crippen molar-refractivity contribution in [2.45, 2.75) is 77.7 Å². The van der Waals surface area contributed by atoms with Gasteiger partial charge < -0.3 is 12.4 Å². The van der Waals surface area contributed by atoms with E-state index >= 15 is 0 Å². The lowest BCUT2D eigenvalue weighted by atomic mass is 10.1. The molecule has 0 unspecified atom stereocenters. The highest BCUT2D eigenvalue weighted by molar-refractivity contribution is 5.44. The Balaban J connectivity index is 0.00000400. The van der Waals surface area contributed by atoms with Crippen LogP contribution in [0.2, 0.25) is 0 Å². The van der Waals surface area contributed by atoms with E-state index in [1.54, 1.807) is 0 Å². The first-order valence-electron chi connectivity index (χ1n) is 8.48. The van der Waals surface area contributed by atoms with Crippen molar-refractivity contribution in [3.8, 4) is 0 Å². The number of aromatic nitrogens is 1. The molecule has 0 saturated heterocycles. The van der Waals surface area contributed by atoms with Crippen molar-refractivity contribution >= 4 is 6.08 Å². The van der Waals surface area contributed by atoms with Crippen molar-refractivity contribution in [3.63, 3.8) is 0 Å². The van der Waals surface area contributed by atoms with Crippen LogP contribution in [-0.4, -0.2) is 0 Å². The summed E-state index contributed by atoms with van der Waals surface area (Å²) >= 11 is 0. The minimum atomic E-state index is 0. The minimum Gasteiger partial charge on any atom is -1.00 e. The first-order valence-corrected chi connectivity index (χ1v) is 8.48. The highest BCUT2D eigenvalue weighted by atomic mass is 35.5. The number of halogens is 1. The van der Waals surface area contributed by atoms with Gasteiger partial charge in [-0.05, 0) is 12.0 Å². The Hall–Kier alpha value is -0.820. The predicted octanol–water partition coefficient (Wildman–Crippen LogP) is 2.54. The molecule has 0 aliphatic rings. The molecule has 0 radical (unpaired) electrons. The monoisotopic (exact) mass is 309 g/mol. The van der Waals surface area contributed by atoms with Gasteiger partial charge in [0.15, 0.2) is 12.4 Å². The van der Waals surface area contributed by atoms with E-state index in [1.807, 2.05) is 6.08 Å². The fourth-order valence-corrected chi connectivity index (χ4v) is 2.54. The fraction of sp³-hybridized carbons (Fsp3) is 0.632. The van der Waals surface area contributed by atoms with E-state index in [1.165, 1.54) is 69.8 Å². The van der Waals surface area contributed by atoms with Crippen LogP contribution in [0.4, 0.5) is 0 Å². The second kappa shape index (κ2) is 14.1. The zero-order valence-electron chi connectivity index (χ0n) is 13.7. The van der Waals surface area contributed by atoms with Gasteiger partial charge in [-0.2, -0.15) is 0 Å². The van der Waals surface area contributed by atoms with Crippen molar-refractivity contribution in [3.05, 3.63) is 36.7 Å². The SMILES string of the molecule is C=Cc1cc[n+](CCCCCCCCCCCC)cc1.[Cl-]. The summed E-state index contributed by atoms with van der Waals surface area (Å²) in [6.07, 6.45) is 20.2. The molecule has 0 aromatic carbocycles. The molecular formula is C19H32ClN. The van der Waals surface area contributed by atoms with Gasteiger partial charge in [-0.15, -0.1) is 0 Å². The van der Waals surface area contributed by atoms with Crippen LogP contribution in [0.25, 0.3) is 6.08 Å². The van der Waals surface area contributed by atoms with Crippen molar-refractivity contribution in [1.82, 2.24) is 0 Å². The average Bonchev–Trinajstić information content (AvgIpc) is 2.50. The summed E-state index contributed by atoms with van der Waals surface area (Å²) in [6, 6.07) is 4.26. The molecule has 0 atom stereocenters. The van der Waals surface area contributed by atoms with Crippen LogP contribution < -0.4 is 17.0 Å². The highest BCUT2D eigenvalue weighted by Gasteiger charge is 1.99. The standard InChI is InChI=1S/C19H32N.ClH/c1-3-5-6-7-8-9-10-11-12-13-16-20-17-14-19(4-2)15-18-20;/h4,14-15,17-18H,2-3,5-13,16H2,1H3;1H/q+1;/p-1. The Bertz CT molecular complexity index is 345. The molecule has 1 nitrogen and oxygen atoms in total. The number of hydrogen-bond acceptors (Lipinski definition) is 0. The summed E-state index contributed by atoms with van der Waals surface area (Å²) < 4.78 is 2.28.